The number of benzene rings is 1. The maximum absolute atomic E-state index is 11.5. The van der Waals surface area contributed by atoms with Crippen LogP contribution in [-0.4, -0.2) is 21.9 Å². The summed E-state index contributed by atoms with van der Waals surface area (Å²) in [6.45, 7) is 0.427. The Hall–Kier alpha value is -2.10. The molecule has 0 radical (unpaired) electrons. The average Bonchev–Trinajstić information content (AvgIpc) is 2.62. The molecule has 1 heterocycles. The van der Waals surface area contributed by atoms with Crippen LogP contribution in [-0.2, 0) is 16.1 Å². The minimum Gasteiger partial charge on any atom is -0.478 e. The van der Waals surface area contributed by atoms with Gasteiger partial charge in [0.25, 0.3) is 0 Å². The summed E-state index contributed by atoms with van der Waals surface area (Å²) < 4.78 is 0. The Labute approximate surface area is 92.8 Å². The number of nitrogens with zero attached hydrogens (tertiary/aromatic N) is 1. The first-order valence-electron chi connectivity index (χ1n) is 4.94. The molecule has 16 heavy (non-hydrogen) atoms. The average molecular weight is 217 g/mol. The van der Waals surface area contributed by atoms with Crippen molar-refractivity contribution in [2.75, 3.05) is 0 Å². The van der Waals surface area contributed by atoms with E-state index >= 15 is 0 Å². The SMILES string of the molecule is O=C(O)C1=CN(Cc2ccccc2)C(=O)C1. The van der Waals surface area contributed by atoms with Gasteiger partial charge in [-0.1, -0.05) is 30.3 Å². The van der Waals surface area contributed by atoms with E-state index in [4.69, 9.17) is 5.11 Å². The number of carboxylic acids is 1. The van der Waals surface area contributed by atoms with E-state index in [2.05, 4.69) is 0 Å². The first-order chi connectivity index (χ1) is 7.66. The predicted molar refractivity (Wildman–Crippen MR) is 57.3 cm³/mol. The molecule has 1 amide bonds. The Morgan fingerprint density at radius 1 is 1.31 bits per heavy atom. The van der Waals surface area contributed by atoms with E-state index in [1.807, 2.05) is 30.3 Å². The van der Waals surface area contributed by atoms with Crippen LogP contribution in [0.1, 0.15) is 12.0 Å². The van der Waals surface area contributed by atoms with Crippen LogP contribution in [0.15, 0.2) is 42.1 Å². The summed E-state index contributed by atoms with van der Waals surface area (Å²) in [4.78, 5) is 23.6. The third-order valence-corrected chi connectivity index (χ3v) is 2.44. The van der Waals surface area contributed by atoms with Gasteiger partial charge in [0.15, 0.2) is 0 Å². The van der Waals surface area contributed by atoms with E-state index in [1.54, 1.807) is 0 Å². The summed E-state index contributed by atoms with van der Waals surface area (Å²) in [7, 11) is 0. The molecule has 0 saturated heterocycles. The summed E-state index contributed by atoms with van der Waals surface area (Å²) in [6.07, 6.45) is 1.40. The highest BCUT2D eigenvalue weighted by Gasteiger charge is 2.25. The molecule has 4 heteroatoms. The summed E-state index contributed by atoms with van der Waals surface area (Å²) in [5, 5.41) is 8.77. The van der Waals surface area contributed by atoms with Crippen molar-refractivity contribution in [3.8, 4) is 0 Å². The lowest BCUT2D eigenvalue weighted by molar-refractivity contribution is -0.134. The Balaban J connectivity index is 2.12. The van der Waals surface area contributed by atoms with Gasteiger partial charge in [0.2, 0.25) is 5.91 Å². The van der Waals surface area contributed by atoms with Crippen molar-refractivity contribution in [2.45, 2.75) is 13.0 Å². The number of carbonyl (C=O) groups is 2. The van der Waals surface area contributed by atoms with Crippen molar-refractivity contribution in [3.63, 3.8) is 0 Å². The molecular formula is C12H11NO3. The molecule has 1 aliphatic heterocycles. The summed E-state index contributed by atoms with van der Waals surface area (Å²) in [5.41, 5.74) is 1.14. The molecule has 0 aromatic heterocycles. The maximum atomic E-state index is 11.5. The monoisotopic (exact) mass is 217 g/mol. The van der Waals surface area contributed by atoms with E-state index in [0.29, 0.717) is 6.54 Å². The number of aliphatic carboxylic acids is 1. The van der Waals surface area contributed by atoms with E-state index in [0.717, 1.165) is 5.56 Å². The number of rotatable bonds is 3. The van der Waals surface area contributed by atoms with Crippen molar-refractivity contribution >= 4 is 11.9 Å². The zero-order valence-electron chi connectivity index (χ0n) is 8.59. The van der Waals surface area contributed by atoms with Crippen LogP contribution >= 0.6 is 0 Å². The molecule has 0 atom stereocenters. The molecule has 1 N–H and O–H groups in total. The molecule has 2 rings (SSSR count). The molecule has 82 valence electrons. The number of carbonyl (C=O) groups excluding carboxylic acids is 1. The van der Waals surface area contributed by atoms with Crippen LogP contribution in [0.25, 0.3) is 0 Å². The van der Waals surface area contributed by atoms with Gasteiger partial charge in [0.05, 0.1) is 18.5 Å². The summed E-state index contributed by atoms with van der Waals surface area (Å²) in [6, 6.07) is 9.48. The Kier molecular flexibility index (Phi) is 2.72. The van der Waals surface area contributed by atoms with Gasteiger partial charge in [-0.25, -0.2) is 4.79 Å². The molecule has 4 nitrogen and oxygen atoms in total. The second kappa shape index (κ2) is 4.18. The minimum atomic E-state index is -1.02. The highest BCUT2D eigenvalue weighted by atomic mass is 16.4. The Bertz CT molecular complexity index is 451. The van der Waals surface area contributed by atoms with Gasteiger partial charge in [-0.3, -0.25) is 4.79 Å². The zero-order valence-corrected chi connectivity index (χ0v) is 8.59. The number of amides is 1. The van der Waals surface area contributed by atoms with Gasteiger partial charge in [0.1, 0.15) is 0 Å². The van der Waals surface area contributed by atoms with E-state index in [-0.39, 0.29) is 17.9 Å². The normalized spacial score (nSPS) is 15.1. The lowest BCUT2D eigenvalue weighted by Gasteiger charge is -2.12. The van der Waals surface area contributed by atoms with Gasteiger partial charge in [0, 0.05) is 6.20 Å². The van der Waals surface area contributed by atoms with Crippen LogP contribution in [0.3, 0.4) is 0 Å². The fraction of sp³-hybridized carbons (Fsp3) is 0.167. The smallest absolute Gasteiger partial charge is 0.333 e. The topological polar surface area (TPSA) is 57.6 Å². The van der Waals surface area contributed by atoms with Gasteiger partial charge < -0.3 is 10.0 Å². The van der Waals surface area contributed by atoms with Crippen molar-refractivity contribution < 1.29 is 14.7 Å². The molecule has 0 unspecified atom stereocenters. The van der Waals surface area contributed by atoms with E-state index in [1.165, 1.54) is 11.1 Å². The van der Waals surface area contributed by atoms with Crippen LogP contribution in [0.4, 0.5) is 0 Å². The lowest BCUT2D eigenvalue weighted by Crippen LogP contribution is -2.20. The number of carboxylic acid groups (broad SMARTS) is 1. The molecule has 0 saturated carbocycles. The van der Waals surface area contributed by atoms with Gasteiger partial charge in [-0.05, 0) is 5.56 Å². The summed E-state index contributed by atoms with van der Waals surface area (Å²) in [5.74, 6) is -1.19. The predicted octanol–water partition coefficient (Wildman–Crippen LogP) is 1.39. The van der Waals surface area contributed by atoms with Crippen LogP contribution < -0.4 is 0 Å². The lowest BCUT2D eigenvalue weighted by atomic mass is 10.2. The largest absolute Gasteiger partial charge is 0.478 e. The second-order valence-electron chi connectivity index (χ2n) is 3.64. The van der Waals surface area contributed by atoms with Crippen molar-refractivity contribution in [3.05, 3.63) is 47.7 Å². The maximum Gasteiger partial charge on any atom is 0.333 e. The first kappa shape index (κ1) is 10.4. The van der Waals surface area contributed by atoms with Crippen molar-refractivity contribution in [2.24, 2.45) is 0 Å². The minimum absolute atomic E-state index is 0.0117. The van der Waals surface area contributed by atoms with Gasteiger partial charge >= 0.3 is 5.97 Å². The quantitative estimate of drug-likeness (QED) is 0.832. The molecule has 0 aliphatic carbocycles. The fourth-order valence-electron chi connectivity index (χ4n) is 1.61. The number of hydrogen-bond donors (Lipinski definition) is 1. The second-order valence-corrected chi connectivity index (χ2v) is 3.64. The molecule has 1 aliphatic rings. The van der Waals surface area contributed by atoms with Crippen LogP contribution in [0.5, 0.6) is 0 Å². The molecule has 0 bridgehead atoms. The Morgan fingerprint density at radius 2 is 2.00 bits per heavy atom. The fourth-order valence-corrected chi connectivity index (χ4v) is 1.61. The van der Waals surface area contributed by atoms with Gasteiger partial charge in [-0.2, -0.15) is 0 Å². The number of hydrogen-bond acceptors (Lipinski definition) is 2. The van der Waals surface area contributed by atoms with Crippen LogP contribution in [0, 0.1) is 0 Å². The highest BCUT2D eigenvalue weighted by Crippen LogP contribution is 2.18. The van der Waals surface area contributed by atoms with Crippen molar-refractivity contribution in [1.82, 2.24) is 4.90 Å². The molecule has 0 fully saturated rings. The Morgan fingerprint density at radius 3 is 2.56 bits per heavy atom. The standard InChI is InChI=1S/C12H11NO3/c14-11-6-10(12(15)16)8-13(11)7-9-4-2-1-3-5-9/h1-5,8H,6-7H2,(H,15,16). The van der Waals surface area contributed by atoms with Gasteiger partial charge in [-0.15, -0.1) is 0 Å². The molecular weight excluding hydrogens is 206 g/mol. The highest BCUT2D eigenvalue weighted by molar-refractivity contribution is 5.97. The van der Waals surface area contributed by atoms with Crippen molar-refractivity contribution in [1.29, 1.82) is 0 Å². The van der Waals surface area contributed by atoms with Crippen LogP contribution in [0.2, 0.25) is 0 Å². The summed E-state index contributed by atoms with van der Waals surface area (Å²) >= 11 is 0. The third kappa shape index (κ3) is 2.11. The molecule has 1 aromatic rings. The third-order valence-electron chi connectivity index (χ3n) is 2.44. The first-order valence-corrected chi connectivity index (χ1v) is 4.94. The molecule has 1 aromatic carbocycles. The zero-order chi connectivity index (χ0) is 11.5. The van der Waals surface area contributed by atoms with E-state index < -0.39 is 5.97 Å². The van der Waals surface area contributed by atoms with E-state index in [9.17, 15) is 9.59 Å². The molecule has 0 spiro atoms.